The molecule has 1 nitrogen and oxygen atoms in total. The molecular weight excluding hydrogens is 185 g/mol. The summed E-state index contributed by atoms with van der Waals surface area (Å²) in [6.07, 6.45) is 0. The van der Waals surface area contributed by atoms with Gasteiger partial charge in [0.05, 0.1) is 5.02 Å². The first kappa shape index (κ1) is 8.38. The van der Waals surface area contributed by atoms with E-state index in [4.69, 9.17) is 16.9 Å². The highest BCUT2D eigenvalue weighted by Crippen LogP contribution is 2.26. The fraction of sp³-hybridized carbons (Fsp3) is 0. The fourth-order valence-corrected chi connectivity index (χ4v) is 1.28. The zero-order chi connectivity index (χ0) is 8.27. The largest absolute Gasteiger partial charge is 0.207 e. The predicted molar refractivity (Wildman–Crippen MR) is 42.9 cm³/mol. The molecule has 0 aromatic heterocycles. The zero-order valence-corrected chi connectivity index (χ0v) is 6.92. The van der Waals surface area contributed by atoms with Gasteiger partial charge < -0.3 is 0 Å². The Morgan fingerprint density at radius 1 is 1.55 bits per heavy atom. The Morgan fingerprint density at radius 2 is 2.27 bits per heavy atom. The average molecular weight is 188 g/mol. The third kappa shape index (κ3) is 2.11. The van der Waals surface area contributed by atoms with Crippen LogP contribution in [0.25, 0.3) is 0 Å². The standard InChI is InChI=1S/C7H3ClFNS/c8-6-3-5(9)1-2-7(6)11-4-10/h1-3H. The van der Waals surface area contributed by atoms with E-state index in [1.165, 1.54) is 18.2 Å². The van der Waals surface area contributed by atoms with E-state index in [9.17, 15) is 4.39 Å². The Morgan fingerprint density at radius 3 is 2.82 bits per heavy atom. The van der Waals surface area contributed by atoms with Gasteiger partial charge in [0.25, 0.3) is 0 Å². The molecule has 0 atom stereocenters. The lowest BCUT2D eigenvalue weighted by atomic mass is 10.3. The molecule has 0 heterocycles. The quantitative estimate of drug-likeness (QED) is 0.499. The molecule has 4 heteroatoms. The van der Waals surface area contributed by atoms with Gasteiger partial charge >= 0.3 is 0 Å². The van der Waals surface area contributed by atoms with Crippen LogP contribution in [-0.2, 0) is 0 Å². The summed E-state index contributed by atoms with van der Waals surface area (Å²) >= 11 is 6.51. The normalized spacial score (nSPS) is 9.18. The van der Waals surface area contributed by atoms with Gasteiger partial charge in [-0.25, -0.2) is 4.39 Å². The molecule has 0 saturated carbocycles. The summed E-state index contributed by atoms with van der Waals surface area (Å²) in [4.78, 5) is 0.579. The van der Waals surface area contributed by atoms with E-state index in [1.54, 1.807) is 0 Å². The van der Waals surface area contributed by atoms with E-state index in [-0.39, 0.29) is 5.02 Å². The number of nitrogens with zero attached hydrogens (tertiary/aromatic N) is 1. The van der Waals surface area contributed by atoms with Crippen LogP contribution >= 0.6 is 23.4 Å². The molecule has 0 aliphatic carbocycles. The van der Waals surface area contributed by atoms with E-state index >= 15 is 0 Å². The minimum atomic E-state index is -0.391. The fourth-order valence-electron chi connectivity index (χ4n) is 0.607. The molecule has 0 bridgehead atoms. The van der Waals surface area contributed by atoms with Crippen molar-refractivity contribution < 1.29 is 4.39 Å². The number of nitriles is 1. The second kappa shape index (κ2) is 3.61. The first-order valence-corrected chi connectivity index (χ1v) is 3.94. The molecule has 0 saturated heterocycles. The molecule has 0 N–H and O–H groups in total. The van der Waals surface area contributed by atoms with E-state index in [1.807, 2.05) is 5.40 Å². The van der Waals surface area contributed by atoms with Gasteiger partial charge in [-0.3, -0.25) is 0 Å². The third-order valence-corrected chi connectivity index (χ3v) is 2.14. The lowest BCUT2D eigenvalue weighted by molar-refractivity contribution is 0.626. The minimum absolute atomic E-state index is 0.275. The zero-order valence-electron chi connectivity index (χ0n) is 5.34. The van der Waals surface area contributed by atoms with E-state index < -0.39 is 5.82 Å². The molecule has 0 radical (unpaired) electrons. The van der Waals surface area contributed by atoms with Crippen molar-refractivity contribution in [2.45, 2.75) is 4.90 Å². The predicted octanol–water partition coefficient (Wildman–Crippen LogP) is 3.05. The maximum atomic E-state index is 12.4. The second-order valence-corrected chi connectivity index (χ2v) is 3.00. The highest BCUT2D eigenvalue weighted by atomic mass is 35.5. The maximum absolute atomic E-state index is 12.4. The summed E-state index contributed by atoms with van der Waals surface area (Å²) in [5, 5.41) is 10.4. The Kier molecular flexibility index (Phi) is 2.75. The SMILES string of the molecule is N#CSc1ccc(F)cc1Cl. The van der Waals surface area contributed by atoms with Crippen molar-refractivity contribution in [3.8, 4) is 5.40 Å². The van der Waals surface area contributed by atoms with Gasteiger partial charge in [0.2, 0.25) is 0 Å². The van der Waals surface area contributed by atoms with Gasteiger partial charge in [-0.15, -0.1) is 0 Å². The highest BCUT2D eigenvalue weighted by molar-refractivity contribution is 8.03. The van der Waals surface area contributed by atoms with Crippen molar-refractivity contribution in [3.63, 3.8) is 0 Å². The minimum Gasteiger partial charge on any atom is -0.207 e. The summed E-state index contributed by atoms with van der Waals surface area (Å²) in [6, 6.07) is 3.93. The average Bonchev–Trinajstić information content (AvgIpc) is 1.95. The van der Waals surface area contributed by atoms with Crippen LogP contribution in [0.2, 0.25) is 5.02 Å². The van der Waals surface area contributed by atoms with Gasteiger partial charge in [-0.1, -0.05) is 11.6 Å². The Hall–Kier alpha value is -0.720. The van der Waals surface area contributed by atoms with Crippen LogP contribution in [0.4, 0.5) is 4.39 Å². The van der Waals surface area contributed by atoms with Gasteiger partial charge in [0.1, 0.15) is 11.2 Å². The number of hydrogen-bond donors (Lipinski definition) is 0. The number of halogens is 2. The number of thiocyanates is 1. The van der Waals surface area contributed by atoms with Crippen molar-refractivity contribution in [3.05, 3.63) is 29.0 Å². The second-order valence-electron chi connectivity index (χ2n) is 1.77. The van der Waals surface area contributed by atoms with Crippen LogP contribution in [0.1, 0.15) is 0 Å². The molecule has 1 aromatic carbocycles. The third-order valence-electron chi connectivity index (χ3n) is 1.05. The van der Waals surface area contributed by atoms with Crippen molar-refractivity contribution in [1.82, 2.24) is 0 Å². The monoisotopic (exact) mass is 187 g/mol. The van der Waals surface area contributed by atoms with Gasteiger partial charge in [0, 0.05) is 4.90 Å². The molecule has 0 unspecified atom stereocenters. The highest BCUT2D eigenvalue weighted by Gasteiger charge is 2.00. The Balaban J connectivity index is 3.01. The number of thioether (sulfide) groups is 1. The molecule has 0 amide bonds. The molecule has 56 valence electrons. The van der Waals surface area contributed by atoms with Crippen LogP contribution in [0.3, 0.4) is 0 Å². The van der Waals surface area contributed by atoms with Crippen molar-refractivity contribution >= 4 is 23.4 Å². The smallest absolute Gasteiger partial charge is 0.138 e. The molecule has 1 rings (SSSR count). The van der Waals surface area contributed by atoms with Crippen molar-refractivity contribution in [1.29, 1.82) is 5.26 Å². The Bertz CT molecular complexity index is 308. The molecule has 0 spiro atoms. The molecule has 1 aromatic rings. The molecule has 0 aliphatic rings. The number of hydrogen-bond acceptors (Lipinski definition) is 2. The lowest BCUT2D eigenvalue weighted by Gasteiger charge is -1.95. The van der Waals surface area contributed by atoms with Crippen LogP contribution in [0, 0.1) is 16.5 Å². The van der Waals surface area contributed by atoms with Crippen LogP contribution in [0.15, 0.2) is 23.1 Å². The van der Waals surface area contributed by atoms with Gasteiger partial charge in [-0.05, 0) is 30.0 Å². The first-order chi connectivity index (χ1) is 5.24. The molecule has 0 fully saturated rings. The maximum Gasteiger partial charge on any atom is 0.138 e. The van der Waals surface area contributed by atoms with Crippen molar-refractivity contribution in [2.75, 3.05) is 0 Å². The lowest BCUT2D eigenvalue weighted by Crippen LogP contribution is -1.75. The van der Waals surface area contributed by atoms with Gasteiger partial charge in [0.15, 0.2) is 0 Å². The topological polar surface area (TPSA) is 23.8 Å². The molecule has 0 aliphatic heterocycles. The van der Waals surface area contributed by atoms with Gasteiger partial charge in [-0.2, -0.15) is 5.26 Å². The van der Waals surface area contributed by atoms with E-state index in [2.05, 4.69) is 0 Å². The summed E-state index contributed by atoms with van der Waals surface area (Å²) in [5.74, 6) is -0.391. The summed E-state index contributed by atoms with van der Waals surface area (Å²) in [7, 11) is 0. The van der Waals surface area contributed by atoms with Crippen LogP contribution in [0.5, 0.6) is 0 Å². The molecular formula is C7H3ClFNS. The molecule has 11 heavy (non-hydrogen) atoms. The first-order valence-electron chi connectivity index (χ1n) is 2.75. The number of rotatable bonds is 1. The van der Waals surface area contributed by atoms with Crippen LogP contribution in [-0.4, -0.2) is 0 Å². The van der Waals surface area contributed by atoms with E-state index in [0.717, 1.165) is 11.8 Å². The van der Waals surface area contributed by atoms with Crippen LogP contribution < -0.4 is 0 Å². The van der Waals surface area contributed by atoms with E-state index in [0.29, 0.717) is 4.90 Å². The summed E-state index contributed by atoms with van der Waals surface area (Å²) < 4.78 is 12.4. The van der Waals surface area contributed by atoms with Crippen molar-refractivity contribution in [2.24, 2.45) is 0 Å². The summed E-state index contributed by atoms with van der Waals surface area (Å²) in [5.41, 5.74) is 0. The number of benzene rings is 1. The summed E-state index contributed by atoms with van der Waals surface area (Å²) in [6.45, 7) is 0. The Labute approximate surface area is 72.8 Å².